The number of aromatic carboxylic acids is 1. The van der Waals surface area contributed by atoms with Crippen LogP contribution >= 0.6 is 11.3 Å². The highest BCUT2D eigenvalue weighted by Gasteiger charge is 2.20. The Kier molecular flexibility index (Phi) is 4.44. The van der Waals surface area contributed by atoms with Gasteiger partial charge in [0, 0.05) is 17.5 Å². The number of imidazole rings is 1. The Hall–Kier alpha value is -2.54. The van der Waals surface area contributed by atoms with E-state index < -0.39 is 5.97 Å². The molecule has 1 aromatic carbocycles. The van der Waals surface area contributed by atoms with Gasteiger partial charge in [-0.2, -0.15) is 0 Å². The number of nitrogens with zero attached hydrogens (tertiary/aromatic N) is 2. The smallest absolute Gasteiger partial charge is 0.347 e. The average Bonchev–Trinajstić information content (AvgIpc) is 3.13. The lowest BCUT2D eigenvalue weighted by atomic mass is 10.1. The highest BCUT2D eigenvalue weighted by atomic mass is 32.1. The zero-order valence-electron chi connectivity index (χ0n) is 13.7. The van der Waals surface area contributed by atoms with Gasteiger partial charge in [-0.15, -0.1) is 0 Å². The van der Waals surface area contributed by atoms with E-state index in [4.69, 9.17) is 9.47 Å². The van der Waals surface area contributed by atoms with Crippen LogP contribution < -0.4 is 9.47 Å². The van der Waals surface area contributed by atoms with Crippen molar-refractivity contribution in [2.45, 2.75) is 19.8 Å². The molecule has 0 amide bonds. The van der Waals surface area contributed by atoms with Crippen LogP contribution in [0.4, 0.5) is 0 Å². The maximum Gasteiger partial charge on any atom is 0.347 e. The van der Waals surface area contributed by atoms with E-state index in [0.29, 0.717) is 27.8 Å². The lowest BCUT2D eigenvalue weighted by Gasteiger charge is -2.08. The molecule has 6 nitrogen and oxygen atoms in total. The summed E-state index contributed by atoms with van der Waals surface area (Å²) < 4.78 is 12.5. The summed E-state index contributed by atoms with van der Waals surface area (Å²) >= 11 is 1.20. The van der Waals surface area contributed by atoms with E-state index in [1.54, 1.807) is 14.2 Å². The summed E-state index contributed by atoms with van der Waals surface area (Å²) in [5.74, 6) is 0.384. The van der Waals surface area contributed by atoms with Crippen molar-refractivity contribution in [3.8, 4) is 22.8 Å². The summed E-state index contributed by atoms with van der Waals surface area (Å²) in [6.45, 7) is 2.03. The maximum atomic E-state index is 11.4. The van der Waals surface area contributed by atoms with Gasteiger partial charge in [-0.1, -0.05) is 24.7 Å². The summed E-state index contributed by atoms with van der Waals surface area (Å²) in [4.78, 5) is 17.0. The largest absolute Gasteiger partial charge is 0.493 e. The summed E-state index contributed by atoms with van der Waals surface area (Å²) in [5.41, 5.74) is 2.46. The number of carboxylic acid groups (broad SMARTS) is 1. The first-order valence-electron chi connectivity index (χ1n) is 7.55. The van der Waals surface area contributed by atoms with Crippen LogP contribution in [0.1, 0.15) is 28.7 Å². The monoisotopic (exact) mass is 346 g/mol. The van der Waals surface area contributed by atoms with E-state index in [0.717, 1.165) is 23.4 Å². The fraction of sp³-hybridized carbons (Fsp3) is 0.294. The number of methoxy groups -OCH3 is 2. The fourth-order valence-electron chi connectivity index (χ4n) is 2.66. The molecule has 0 fully saturated rings. The molecule has 0 saturated heterocycles. The van der Waals surface area contributed by atoms with E-state index in [-0.39, 0.29) is 0 Å². The van der Waals surface area contributed by atoms with Gasteiger partial charge in [0.1, 0.15) is 4.88 Å². The van der Waals surface area contributed by atoms with E-state index >= 15 is 0 Å². The summed E-state index contributed by atoms with van der Waals surface area (Å²) in [6, 6.07) is 5.60. The molecular formula is C17H18N2O4S. The maximum absolute atomic E-state index is 11.4. The summed E-state index contributed by atoms with van der Waals surface area (Å²) in [6.07, 6.45) is 3.45. The highest BCUT2D eigenvalue weighted by molar-refractivity contribution is 7.19. The molecule has 126 valence electrons. The van der Waals surface area contributed by atoms with Crippen LogP contribution in [0, 0.1) is 0 Å². The number of fused-ring (bicyclic) bond motifs is 1. The van der Waals surface area contributed by atoms with Gasteiger partial charge < -0.3 is 14.6 Å². The van der Waals surface area contributed by atoms with Gasteiger partial charge in [-0.3, -0.25) is 4.40 Å². The molecule has 0 spiro atoms. The van der Waals surface area contributed by atoms with Gasteiger partial charge in [0.2, 0.25) is 0 Å². The first-order chi connectivity index (χ1) is 11.6. The van der Waals surface area contributed by atoms with Crippen LogP contribution in [0.5, 0.6) is 11.5 Å². The number of hydrogen-bond acceptors (Lipinski definition) is 5. The van der Waals surface area contributed by atoms with Gasteiger partial charge in [0.05, 0.1) is 19.9 Å². The lowest BCUT2D eigenvalue weighted by Crippen LogP contribution is -2.00. The van der Waals surface area contributed by atoms with Gasteiger partial charge in [-0.05, 0) is 24.6 Å². The van der Waals surface area contributed by atoms with E-state index in [2.05, 4.69) is 4.98 Å². The zero-order valence-corrected chi connectivity index (χ0v) is 14.5. The molecule has 0 radical (unpaired) electrons. The minimum absolute atomic E-state index is 0.359. The number of aromatic nitrogens is 2. The van der Waals surface area contributed by atoms with Crippen molar-refractivity contribution < 1.29 is 19.4 Å². The SMILES string of the molecule is CCCc1c(C(=O)O)sc2nc(-c3ccc(OC)c(OC)c3)cn12. The van der Waals surface area contributed by atoms with Gasteiger partial charge >= 0.3 is 5.97 Å². The third kappa shape index (κ3) is 2.71. The average molecular weight is 346 g/mol. The molecule has 0 saturated carbocycles. The third-order valence-corrected chi connectivity index (χ3v) is 4.87. The molecule has 2 heterocycles. The Bertz CT molecular complexity index is 898. The van der Waals surface area contributed by atoms with Crippen molar-refractivity contribution in [1.82, 2.24) is 9.38 Å². The normalized spacial score (nSPS) is 11.0. The Morgan fingerprint density at radius 1 is 1.29 bits per heavy atom. The van der Waals surface area contributed by atoms with E-state index in [1.165, 1.54) is 11.3 Å². The molecule has 0 unspecified atom stereocenters. The second-order valence-corrected chi connectivity index (χ2v) is 6.26. The molecule has 0 bridgehead atoms. The Morgan fingerprint density at radius 2 is 2.04 bits per heavy atom. The summed E-state index contributed by atoms with van der Waals surface area (Å²) in [5, 5.41) is 9.36. The topological polar surface area (TPSA) is 73.1 Å². The number of carbonyl (C=O) groups is 1. The third-order valence-electron chi connectivity index (χ3n) is 3.78. The molecule has 0 aliphatic rings. The number of ether oxygens (including phenoxy) is 2. The van der Waals surface area contributed by atoms with Gasteiger partial charge in [0.15, 0.2) is 16.5 Å². The van der Waals surface area contributed by atoms with E-state index in [9.17, 15) is 9.90 Å². The van der Waals surface area contributed by atoms with Crippen LogP contribution in [-0.4, -0.2) is 34.7 Å². The van der Waals surface area contributed by atoms with Crippen LogP contribution in [0.25, 0.3) is 16.2 Å². The van der Waals surface area contributed by atoms with Crippen LogP contribution in [0.2, 0.25) is 0 Å². The second kappa shape index (κ2) is 6.52. The van der Waals surface area contributed by atoms with Crippen molar-refractivity contribution in [1.29, 1.82) is 0 Å². The number of aryl methyl sites for hydroxylation is 1. The molecule has 24 heavy (non-hydrogen) atoms. The molecule has 2 aromatic heterocycles. The Morgan fingerprint density at radius 3 is 2.67 bits per heavy atom. The number of benzene rings is 1. The second-order valence-electron chi connectivity index (χ2n) is 5.28. The zero-order chi connectivity index (χ0) is 17.3. The first-order valence-corrected chi connectivity index (χ1v) is 8.37. The molecule has 0 aliphatic carbocycles. The minimum atomic E-state index is -0.901. The van der Waals surface area contributed by atoms with Crippen molar-refractivity contribution in [3.05, 3.63) is 35.0 Å². The molecule has 0 aliphatic heterocycles. The highest BCUT2D eigenvalue weighted by Crippen LogP contribution is 2.33. The Labute approximate surface area is 143 Å². The number of hydrogen-bond donors (Lipinski definition) is 1. The van der Waals surface area contributed by atoms with Crippen molar-refractivity contribution >= 4 is 22.3 Å². The minimum Gasteiger partial charge on any atom is -0.493 e. The molecule has 3 rings (SSSR count). The van der Waals surface area contributed by atoms with Gasteiger partial charge in [0.25, 0.3) is 0 Å². The van der Waals surface area contributed by atoms with Crippen molar-refractivity contribution in [3.63, 3.8) is 0 Å². The van der Waals surface area contributed by atoms with Crippen LogP contribution in [-0.2, 0) is 6.42 Å². The molecule has 0 atom stereocenters. The first kappa shape index (κ1) is 16.3. The summed E-state index contributed by atoms with van der Waals surface area (Å²) in [7, 11) is 3.18. The lowest BCUT2D eigenvalue weighted by molar-refractivity contribution is 0.0700. The molecular weight excluding hydrogens is 328 g/mol. The number of carboxylic acids is 1. The van der Waals surface area contributed by atoms with Crippen molar-refractivity contribution in [2.75, 3.05) is 14.2 Å². The van der Waals surface area contributed by atoms with Crippen LogP contribution in [0.15, 0.2) is 24.4 Å². The fourth-order valence-corrected chi connectivity index (χ4v) is 3.65. The quantitative estimate of drug-likeness (QED) is 0.736. The predicted molar refractivity (Wildman–Crippen MR) is 92.6 cm³/mol. The predicted octanol–water partition coefficient (Wildman–Crippen LogP) is 3.73. The number of thiazole rings is 1. The molecule has 3 aromatic rings. The standard InChI is InChI=1S/C17H18N2O4S/c1-4-5-12-15(16(20)21)24-17-18-11(9-19(12)17)10-6-7-13(22-2)14(8-10)23-3/h6-9H,4-5H2,1-3H3,(H,20,21). The van der Waals surface area contributed by atoms with Crippen LogP contribution in [0.3, 0.4) is 0 Å². The number of rotatable bonds is 6. The molecule has 7 heteroatoms. The van der Waals surface area contributed by atoms with Crippen molar-refractivity contribution in [2.24, 2.45) is 0 Å². The molecule has 1 N–H and O–H groups in total. The van der Waals surface area contributed by atoms with Gasteiger partial charge in [-0.25, -0.2) is 9.78 Å². The van der Waals surface area contributed by atoms with E-state index in [1.807, 2.05) is 35.7 Å². The Balaban J connectivity index is 2.10.